The van der Waals surface area contributed by atoms with E-state index in [1.165, 1.54) is 6.07 Å². The molecule has 0 amide bonds. The van der Waals surface area contributed by atoms with E-state index >= 15 is 0 Å². The lowest BCUT2D eigenvalue weighted by Gasteiger charge is -2.32. The fourth-order valence-corrected chi connectivity index (χ4v) is 3.76. The van der Waals surface area contributed by atoms with Crippen LogP contribution in [-0.4, -0.2) is 20.5 Å². The van der Waals surface area contributed by atoms with E-state index in [-0.39, 0.29) is 27.0 Å². The first-order valence-electron chi connectivity index (χ1n) is 5.12. The van der Waals surface area contributed by atoms with Crippen molar-refractivity contribution in [2.24, 2.45) is 5.73 Å². The molecule has 0 aromatic heterocycles. The van der Waals surface area contributed by atoms with Crippen LogP contribution in [0.25, 0.3) is 0 Å². The maximum absolute atomic E-state index is 12.0. The average Bonchev–Trinajstić information content (AvgIpc) is 2.19. The Morgan fingerprint density at radius 2 is 1.94 bits per heavy atom. The topological polar surface area (TPSA) is 72.2 Å². The van der Waals surface area contributed by atoms with E-state index in [1.54, 1.807) is 12.1 Å². The number of hydrogen-bond acceptors (Lipinski definition) is 3. The normalized spacial score (nSPS) is 24.4. The van der Waals surface area contributed by atoms with Crippen LogP contribution in [0, 0.1) is 0 Å². The third-order valence-electron chi connectivity index (χ3n) is 2.70. The molecule has 94 valence electrons. The summed E-state index contributed by atoms with van der Waals surface area (Å²) in [5.41, 5.74) is 5.60. The third-order valence-corrected chi connectivity index (χ3v) is 5.20. The number of sulfonamides is 1. The largest absolute Gasteiger partial charge is 0.328 e. The molecule has 0 saturated heterocycles. The van der Waals surface area contributed by atoms with E-state index in [0.29, 0.717) is 12.8 Å². The van der Waals surface area contributed by atoms with Gasteiger partial charge in [0.05, 0.1) is 10.0 Å². The van der Waals surface area contributed by atoms with Gasteiger partial charge in [-0.2, -0.15) is 0 Å². The highest BCUT2D eigenvalue weighted by atomic mass is 35.5. The molecule has 1 aliphatic carbocycles. The molecule has 0 radical (unpaired) electrons. The molecule has 4 nitrogen and oxygen atoms in total. The summed E-state index contributed by atoms with van der Waals surface area (Å²) in [7, 11) is -3.62. The van der Waals surface area contributed by atoms with Crippen molar-refractivity contribution in [2.75, 3.05) is 0 Å². The van der Waals surface area contributed by atoms with Crippen LogP contribution in [0.15, 0.2) is 23.1 Å². The first kappa shape index (κ1) is 13.1. The van der Waals surface area contributed by atoms with Gasteiger partial charge in [0.25, 0.3) is 0 Å². The second kappa shape index (κ2) is 4.74. The summed E-state index contributed by atoms with van der Waals surface area (Å²) in [6, 6.07) is 4.50. The number of halogens is 2. The smallest absolute Gasteiger partial charge is 0.242 e. The van der Waals surface area contributed by atoms with Crippen LogP contribution < -0.4 is 10.5 Å². The Bertz CT molecular complexity index is 527. The number of nitrogens with two attached hydrogens (primary N) is 1. The Morgan fingerprint density at radius 3 is 2.53 bits per heavy atom. The van der Waals surface area contributed by atoms with Gasteiger partial charge in [-0.25, -0.2) is 13.1 Å². The molecule has 1 aromatic carbocycles. The van der Waals surface area contributed by atoms with Crippen molar-refractivity contribution in [3.63, 3.8) is 0 Å². The van der Waals surface area contributed by atoms with E-state index in [4.69, 9.17) is 28.9 Å². The van der Waals surface area contributed by atoms with Crippen LogP contribution in [-0.2, 0) is 10.0 Å². The van der Waals surface area contributed by atoms with Crippen molar-refractivity contribution in [1.82, 2.24) is 4.72 Å². The van der Waals surface area contributed by atoms with E-state index in [2.05, 4.69) is 4.72 Å². The van der Waals surface area contributed by atoms with Crippen molar-refractivity contribution < 1.29 is 8.42 Å². The maximum atomic E-state index is 12.0. The highest BCUT2D eigenvalue weighted by Crippen LogP contribution is 2.30. The van der Waals surface area contributed by atoms with Crippen LogP contribution in [0.2, 0.25) is 10.0 Å². The summed E-state index contributed by atoms with van der Waals surface area (Å²) in [5, 5.41) is 0.269. The Balaban J connectivity index is 2.23. The second-order valence-electron chi connectivity index (χ2n) is 4.10. The molecule has 1 saturated carbocycles. The zero-order valence-electron chi connectivity index (χ0n) is 8.86. The zero-order chi connectivity index (χ0) is 12.6. The predicted molar refractivity (Wildman–Crippen MR) is 67.8 cm³/mol. The number of hydrogen-bond donors (Lipinski definition) is 2. The Labute approximate surface area is 110 Å². The molecule has 0 bridgehead atoms. The Hall–Kier alpha value is -0.330. The molecule has 1 aliphatic rings. The quantitative estimate of drug-likeness (QED) is 0.892. The van der Waals surface area contributed by atoms with Gasteiger partial charge in [0, 0.05) is 12.1 Å². The Morgan fingerprint density at radius 1 is 1.29 bits per heavy atom. The standard InChI is InChI=1S/C10H12Cl2N2O2S/c11-8-2-1-3-9(10(8)12)17(15,16)14-7-4-6(13)5-7/h1-3,6-7,14H,4-5,13H2. The minimum atomic E-state index is -3.62. The number of benzene rings is 1. The van der Waals surface area contributed by atoms with Crippen molar-refractivity contribution in [1.29, 1.82) is 0 Å². The van der Waals surface area contributed by atoms with Gasteiger partial charge in [-0.15, -0.1) is 0 Å². The Kier molecular flexibility index (Phi) is 3.66. The number of nitrogens with one attached hydrogen (secondary N) is 1. The minimum absolute atomic E-state index is 0.00661. The molecule has 1 fully saturated rings. The van der Waals surface area contributed by atoms with Gasteiger partial charge in [-0.1, -0.05) is 29.3 Å². The second-order valence-corrected chi connectivity index (χ2v) is 6.57. The first-order valence-corrected chi connectivity index (χ1v) is 7.36. The summed E-state index contributed by atoms with van der Waals surface area (Å²) in [5.74, 6) is 0. The molecule has 0 heterocycles. The molecule has 0 aliphatic heterocycles. The van der Waals surface area contributed by atoms with Crippen molar-refractivity contribution in [3.05, 3.63) is 28.2 Å². The molecule has 0 unspecified atom stereocenters. The van der Waals surface area contributed by atoms with E-state index in [0.717, 1.165) is 0 Å². The summed E-state index contributed by atoms with van der Waals surface area (Å²) >= 11 is 11.7. The van der Waals surface area contributed by atoms with Gasteiger partial charge < -0.3 is 5.73 Å². The SMILES string of the molecule is NC1CC(NS(=O)(=O)c2cccc(Cl)c2Cl)C1. The lowest BCUT2D eigenvalue weighted by molar-refractivity contribution is 0.327. The fraction of sp³-hybridized carbons (Fsp3) is 0.400. The van der Waals surface area contributed by atoms with E-state index in [1.807, 2.05) is 0 Å². The molecule has 0 spiro atoms. The lowest BCUT2D eigenvalue weighted by atomic mass is 9.89. The van der Waals surface area contributed by atoms with Gasteiger partial charge in [0.1, 0.15) is 4.90 Å². The third kappa shape index (κ3) is 2.74. The maximum Gasteiger partial charge on any atom is 0.242 e. The summed E-state index contributed by atoms with van der Waals surface area (Å²) in [4.78, 5) is 0.00661. The van der Waals surface area contributed by atoms with Crippen molar-refractivity contribution in [2.45, 2.75) is 29.8 Å². The van der Waals surface area contributed by atoms with Gasteiger partial charge in [0.2, 0.25) is 10.0 Å². The lowest BCUT2D eigenvalue weighted by Crippen LogP contribution is -2.50. The van der Waals surface area contributed by atoms with E-state index in [9.17, 15) is 8.42 Å². The van der Waals surface area contributed by atoms with Gasteiger partial charge in [0.15, 0.2) is 0 Å². The van der Waals surface area contributed by atoms with Crippen LogP contribution in [0.5, 0.6) is 0 Å². The van der Waals surface area contributed by atoms with Crippen LogP contribution in [0.1, 0.15) is 12.8 Å². The minimum Gasteiger partial charge on any atom is -0.328 e. The van der Waals surface area contributed by atoms with Gasteiger partial charge in [-0.05, 0) is 25.0 Å². The van der Waals surface area contributed by atoms with Gasteiger partial charge in [-0.3, -0.25) is 0 Å². The molecule has 0 atom stereocenters. The summed E-state index contributed by atoms with van der Waals surface area (Å²) in [6.07, 6.45) is 1.30. The van der Waals surface area contributed by atoms with Crippen molar-refractivity contribution in [3.8, 4) is 0 Å². The molecule has 2 rings (SSSR count). The summed E-state index contributed by atoms with van der Waals surface area (Å²) < 4.78 is 26.6. The van der Waals surface area contributed by atoms with Crippen LogP contribution >= 0.6 is 23.2 Å². The monoisotopic (exact) mass is 294 g/mol. The fourth-order valence-electron chi connectivity index (χ4n) is 1.73. The average molecular weight is 295 g/mol. The highest BCUT2D eigenvalue weighted by molar-refractivity contribution is 7.89. The predicted octanol–water partition coefficient (Wildman–Crippen LogP) is 1.76. The van der Waals surface area contributed by atoms with E-state index < -0.39 is 10.0 Å². The van der Waals surface area contributed by atoms with Crippen LogP contribution in [0.4, 0.5) is 0 Å². The molecular weight excluding hydrogens is 283 g/mol. The molecule has 7 heteroatoms. The molecule has 1 aromatic rings. The molecular formula is C10H12Cl2N2O2S. The summed E-state index contributed by atoms with van der Waals surface area (Å²) in [6.45, 7) is 0. The van der Waals surface area contributed by atoms with Crippen LogP contribution in [0.3, 0.4) is 0 Å². The molecule has 17 heavy (non-hydrogen) atoms. The molecule has 3 N–H and O–H groups in total. The highest BCUT2D eigenvalue weighted by Gasteiger charge is 2.31. The zero-order valence-corrected chi connectivity index (χ0v) is 11.2. The number of rotatable bonds is 3. The first-order chi connectivity index (χ1) is 7.90. The van der Waals surface area contributed by atoms with Crippen molar-refractivity contribution >= 4 is 33.2 Å². The van der Waals surface area contributed by atoms with Gasteiger partial charge >= 0.3 is 0 Å².